The lowest BCUT2D eigenvalue weighted by Crippen LogP contribution is -1.96. The molecule has 66 valence electrons. The highest BCUT2D eigenvalue weighted by atomic mass is 35.5. The van der Waals surface area contributed by atoms with E-state index < -0.39 is 12.7 Å². The van der Waals surface area contributed by atoms with E-state index in [-0.39, 0.29) is 5.75 Å². The Bertz CT molecular complexity index is 289. The first kappa shape index (κ1) is 9.26. The molecule has 0 aliphatic carbocycles. The molecule has 0 bridgehead atoms. The Labute approximate surface area is 73.9 Å². The van der Waals surface area contributed by atoms with Crippen LogP contribution in [-0.4, -0.2) is 6.86 Å². The topological polar surface area (TPSA) is 9.23 Å². The summed E-state index contributed by atoms with van der Waals surface area (Å²) >= 11 is 5.65. The van der Waals surface area contributed by atoms with Gasteiger partial charge in [0.15, 0.2) is 11.6 Å². The fourth-order valence-electron chi connectivity index (χ4n) is 0.866. The largest absolute Gasteiger partial charge is 0.460 e. The molecule has 0 amide bonds. The Kier molecular flexibility index (Phi) is 2.87. The molecule has 0 aliphatic rings. The first-order chi connectivity index (χ1) is 5.66. The summed E-state index contributed by atoms with van der Waals surface area (Å²) in [6.07, 6.45) is 0. The fourth-order valence-corrected chi connectivity index (χ4v) is 1.02. The highest BCUT2D eigenvalue weighted by molar-refractivity contribution is 6.31. The Morgan fingerprint density at radius 3 is 2.75 bits per heavy atom. The first-order valence-electron chi connectivity index (χ1n) is 3.30. The number of alkyl halides is 1. The van der Waals surface area contributed by atoms with Gasteiger partial charge < -0.3 is 4.74 Å². The molecule has 0 radical (unpaired) electrons. The average Bonchev–Trinajstić information content (AvgIpc) is 2.06. The van der Waals surface area contributed by atoms with Crippen molar-refractivity contribution >= 4 is 11.6 Å². The summed E-state index contributed by atoms with van der Waals surface area (Å²) in [7, 11) is 0. The van der Waals surface area contributed by atoms with Gasteiger partial charge in [0.05, 0.1) is 0 Å². The van der Waals surface area contributed by atoms with E-state index >= 15 is 0 Å². The molecule has 0 saturated carbocycles. The summed E-state index contributed by atoms with van der Waals surface area (Å²) in [6.45, 7) is 0.508. The number of halogens is 3. The molecule has 0 fully saturated rings. The number of benzene rings is 1. The normalized spacial score (nSPS) is 10.0. The lowest BCUT2D eigenvalue weighted by atomic mass is 10.2. The lowest BCUT2D eigenvalue weighted by Gasteiger charge is -2.07. The monoisotopic (exact) mass is 192 g/mol. The Balaban J connectivity index is 3.14. The third-order valence-electron chi connectivity index (χ3n) is 1.49. The Hall–Kier alpha value is -0.830. The molecule has 0 unspecified atom stereocenters. The van der Waals surface area contributed by atoms with Crippen molar-refractivity contribution in [2.45, 2.75) is 6.92 Å². The predicted octanol–water partition coefficient (Wildman–Crippen LogP) is 3.09. The average molecular weight is 193 g/mol. The van der Waals surface area contributed by atoms with Crippen LogP contribution in [0.3, 0.4) is 0 Å². The van der Waals surface area contributed by atoms with Crippen LogP contribution in [0.25, 0.3) is 0 Å². The predicted molar refractivity (Wildman–Crippen MR) is 42.8 cm³/mol. The third-order valence-corrected chi connectivity index (χ3v) is 1.90. The Morgan fingerprint density at radius 2 is 2.17 bits per heavy atom. The van der Waals surface area contributed by atoms with Gasteiger partial charge in [0, 0.05) is 10.6 Å². The maximum absolute atomic E-state index is 12.9. The fraction of sp³-hybridized carbons (Fsp3) is 0.250. The maximum Gasteiger partial charge on any atom is 0.228 e. The molecule has 4 heteroatoms. The van der Waals surface area contributed by atoms with Crippen LogP contribution in [0.5, 0.6) is 5.75 Å². The van der Waals surface area contributed by atoms with Gasteiger partial charge in [-0.1, -0.05) is 11.6 Å². The van der Waals surface area contributed by atoms with E-state index in [4.69, 9.17) is 11.6 Å². The quantitative estimate of drug-likeness (QED) is 0.700. The van der Waals surface area contributed by atoms with Crippen LogP contribution in [-0.2, 0) is 0 Å². The van der Waals surface area contributed by atoms with Gasteiger partial charge in [-0.3, -0.25) is 0 Å². The molecule has 0 spiro atoms. The van der Waals surface area contributed by atoms with Gasteiger partial charge in [-0.15, -0.1) is 0 Å². The second kappa shape index (κ2) is 3.72. The van der Waals surface area contributed by atoms with Crippen LogP contribution in [0.2, 0.25) is 5.02 Å². The van der Waals surface area contributed by atoms with E-state index in [2.05, 4.69) is 4.74 Å². The van der Waals surface area contributed by atoms with Crippen LogP contribution in [0.15, 0.2) is 12.1 Å². The number of hydrogen-bond acceptors (Lipinski definition) is 1. The minimum Gasteiger partial charge on any atom is -0.460 e. The minimum absolute atomic E-state index is 0.120. The molecule has 0 N–H and O–H groups in total. The smallest absolute Gasteiger partial charge is 0.228 e. The van der Waals surface area contributed by atoms with Gasteiger partial charge in [-0.05, 0) is 19.1 Å². The van der Waals surface area contributed by atoms with E-state index in [1.54, 1.807) is 6.92 Å². The number of hydrogen-bond donors (Lipinski definition) is 0. The zero-order valence-corrected chi connectivity index (χ0v) is 7.16. The zero-order valence-electron chi connectivity index (χ0n) is 6.40. The van der Waals surface area contributed by atoms with Gasteiger partial charge in [-0.2, -0.15) is 0 Å². The van der Waals surface area contributed by atoms with Crippen molar-refractivity contribution in [2.24, 2.45) is 0 Å². The van der Waals surface area contributed by atoms with Crippen LogP contribution in [0, 0.1) is 12.7 Å². The van der Waals surface area contributed by atoms with Crippen LogP contribution in [0.1, 0.15) is 5.56 Å². The number of rotatable bonds is 2. The summed E-state index contributed by atoms with van der Waals surface area (Å²) in [4.78, 5) is 0. The van der Waals surface area contributed by atoms with Gasteiger partial charge in [0.25, 0.3) is 0 Å². The summed E-state index contributed by atoms with van der Waals surface area (Å²) in [5.41, 5.74) is 0.411. The van der Waals surface area contributed by atoms with E-state index in [0.717, 1.165) is 6.07 Å². The minimum atomic E-state index is -1.06. The van der Waals surface area contributed by atoms with Gasteiger partial charge >= 0.3 is 0 Å². The van der Waals surface area contributed by atoms with Crippen LogP contribution < -0.4 is 4.74 Å². The highest BCUT2D eigenvalue weighted by Crippen LogP contribution is 2.28. The second-order valence-electron chi connectivity index (χ2n) is 2.24. The van der Waals surface area contributed by atoms with Crippen molar-refractivity contribution < 1.29 is 13.5 Å². The molecule has 0 saturated heterocycles. The molecule has 12 heavy (non-hydrogen) atoms. The summed E-state index contributed by atoms with van der Waals surface area (Å²) in [6, 6.07) is 2.54. The first-order valence-corrected chi connectivity index (χ1v) is 3.68. The SMILES string of the molecule is Cc1c(Cl)ccc(F)c1OCF. The van der Waals surface area contributed by atoms with E-state index in [1.165, 1.54) is 6.07 Å². The molecule has 1 aromatic rings. The highest BCUT2D eigenvalue weighted by Gasteiger charge is 2.09. The van der Waals surface area contributed by atoms with Crippen molar-refractivity contribution in [3.63, 3.8) is 0 Å². The van der Waals surface area contributed by atoms with Crippen LogP contribution in [0.4, 0.5) is 8.78 Å². The molecule has 0 aromatic heterocycles. The summed E-state index contributed by atoms with van der Waals surface area (Å²) in [5, 5.41) is 0.361. The van der Waals surface area contributed by atoms with E-state index in [1.807, 2.05) is 0 Å². The molecule has 0 aliphatic heterocycles. The Morgan fingerprint density at radius 1 is 1.50 bits per heavy atom. The molecule has 1 rings (SSSR count). The van der Waals surface area contributed by atoms with E-state index in [9.17, 15) is 8.78 Å². The molecule has 1 aromatic carbocycles. The maximum atomic E-state index is 12.9. The van der Waals surface area contributed by atoms with Crippen molar-refractivity contribution in [3.8, 4) is 5.75 Å². The second-order valence-corrected chi connectivity index (χ2v) is 2.64. The standard InChI is InChI=1S/C8H7ClF2O/c1-5-6(9)2-3-7(11)8(5)12-4-10/h2-3H,4H2,1H3. The van der Waals surface area contributed by atoms with Crippen molar-refractivity contribution in [1.29, 1.82) is 0 Å². The van der Waals surface area contributed by atoms with Gasteiger partial charge in [-0.25, -0.2) is 8.78 Å². The molecule has 1 nitrogen and oxygen atoms in total. The van der Waals surface area contributed by atoms with Crippen molar-refractivity contribution in [2.75, 3.05) is 6.86 Å². The summed E-state index contributed by atoms with van der Waals surface area (Å²) < 4.78 is 29.0. The molecule has 0 atom stereocenters. The van der Waals surface area contributed by atoms with E-state index in [0.29, 0.717) is 10.6 Å². The van der Waals surface area contributed by atoms with Crippen LogP contribution >= 0.6 is 11.6 Å². The van der Waals surface area contributed by atoms with Gasteiger partial charge in [0.2, 0.25) is 6.86 Å². The molecule has 0 heterocycles. The number of ether oxygens (including phenoxy) is 1. The lowest BCUT2D eigenvalue weighted by molar-refractivity contribution is 0.183. The summed E-state index contributed by atoms with van der Waals surface area (Å²) in [5.74, 6) is -0.723. The van der Waals surface area contributed by atoms with Crippen molar-refractivity contribution in [1.82, 2.24) is 0 Å². The zero-order chi connectivity index (χ0) is 9.14. The molecular formula is C8H7ClF2O. The third kappa shape index (κ3) is 1.67. The van der Waals surface area contributed by atoms with Gasteiger partial charge in [0.1, 0.15) is 0 Å². The van der Waals surface area contributed by atoms with Crippen molar-refractivity contribution in [3.05, 3.63) is 28.5 Å². The molecular weight excluding hydrogens is 186 g/mol.